The molecule has 0 aromatic carbocycles. The van der Waals surface area contributed by atoms with E-state index in [0.717, 1.165) is 18.5 Å². The fraction of sp³-hybridized carbons (Fsp3) is 0.615. The molecule has 6 heteroatoms. The van der Waals surface area contributed by atoms with Gasteiger partial charge < -0.3 is 10.1 Å². The van der Waals surface area contributed by atoms with E-state index in [1.807, 2.05) is 0 Å². The van der Waals surface area contributed by atoms with Crippen LogP contribution in [-0.4, -0.2) is 34.7 Å². The normalized spacial score (nSPS) is 18.5. The van der Waals surface area contributed by atoms with Gasteiger partial charge in [0.2, 0.25) is 5.91 Å². The summed E-state index contributed by atoms with van der Waals surface area (Å²) >= 11 is 0. The number of aromatic nitrogens is 2. The van der Waals surface area contributed by atoms with Gasteiger partial charge in [0.05, 0.1) is 6.33 Å². The third-order valence-corrected chi connectivity index (χ3v) is 3.39. The van der Waals surface area contributed by atoms with Gasteiger partial charge in [-0.1, -0.05) is 0 Å². The molecule has 2 heterocycles. The standard InChI is InChI=1S/C13H19N3O3/c1-9-10(2)15-8-16(13(9)18)6-5-14-12(17)11-4-3-7-19-11/h8,11H,3-7H2,1-2H3,(H,14,17). The van der Waals surface area contributed by atoms with Crippen LogP contribution in [-0.2, 0) is 16.1 Å². The maximum Gasteiger partial charge on any atom is 0.256 e. The number of carbonyl (C=O) groups excluding carboxylic acids is 1. The summed E-state index contributed by atoms with van der Waals surface area (Å²) in [5, 5.41) is 2.78. The van der Waals surface area contributed by atoms with Gasteiger partial charge in [-0.3, -0.25) is 14.2 Å². The van der Waals surface area contributed by atoms with E-state index in [-0.39, 0.29) is 17.6 Å². The van der Waals surface area contributed by atoms with Crippen LogP contribution in [0, 0.1) is 13.8 Å². The van der Waals surface area contributed by atoms with Crippen molar-refractivity contribution in [3.05, 3.63) is 27.9 Å². The van der Waals surface area contributed by atoms with E-state index in [1.54, 1.807) is 13.8 Å². The van der Waals surface area contributed by atoms with Crippen LogP contribution in [0.15, 0.2) is 11.1 Å². The minimum Gasteiger partial charge on any atom is -0.368 e. The summed E-state index contributed by atoms with van der Waals surface area (Å²) in [5.74, 6) is -0.0951. The first-order valence-corrected chi connectivity index (χ1v) is 6.51. The van der Waals surface area contributed by atoms with Crippen molar-refractivity contribution in [2.24, 2.45) is 0 Å². The molecule has 104 valence electrons. The molecule has 0 aliphatic carbocycles. The van der Waals surface area contributed by atoms with Crippen molar-refractivity contribution < 1.29 is 9.53 Å². The Hall–Kier alpha value is -1.69. The Morgan fingerprint density at radius 1 is 1.58 bits per heavy atom. The fourth-order valence-corrected chi connectivity index (χ4v) is 2.03. The Morgan fingerprint density at radius 2 is 2.37 bits per heavy atom. The van der Waals surface area contributed by atoms with Crippen molar-refractivity contribution in [2.75, 3.05) is 13.2 Å². The Bertz CT molecular complexity index is 518. The molecule has 2 rings (SSSR count). The molecule has 0 bridgehead atoms. The monoisotopic (exact) mass is 265 g/mol. The summed E-state index contributed by atoms with van der Waals surface area (Å²) in [6.45, 7) is 5.04. The van der Waals surface area contributed by atoms with Crippen LogP contribution < -0.4 is 10.9 Å². The second-order valence-electron chi connectivity index (χ2n) is 4.75. The maximum atomic E-state index is 11.9. The second kappa shape index (κ2) is 5.97. The Morgan fingerprint density at radius 3 is 3.05 bits per heavy atom. The first kappa shape index (κ1) is 13.7. The van der Waals surface area contributed by atoms with Crippen LogP contribution in [0.5, 0.6) is 0 Å². The SMILES string of the molecule is Cc1ncn(CCNC(=O)C2CCCO2)c(=O)c1C. The number of rotatable bonds is 4. The largest absolute Gasteiger partial charge is 0.368 e. The van der Waals surface area contributed by atoms with Gasteiger partial charge in [0.1, 0.15) is 6.10 Å². The van der Waals surface area contributed by atoms with Crippen molar-refractivity contribution in [3.8, 4) is 0 Å². The predicted octanol–water partition coefficient (Wildman–Crippen LogP) is 0.155. The van der Waals surface area contributed by atoms with Gasteiger partial charge in [-0.25, -0.2) is 4.98 Å². The van der Waals surface area contributed by atoms with Gasteiger partial charge in [0.25, 0.3) is 5.56 Å². The van der Waals surface area contributed by atoms with Crippen molar-refractivity contribution in [1.29, 1.82) is 0 Å². The number of nitrogens with one attached hydrogen (secondary N) is 1. The smallest absolute Gasteiger partial charge is 0.256 e. The van der Waals surface area contributed by atoms with Gasteiger partial charge in [-0.15, -0.1) is 0 Å². The summed E-state index contributed by atoms with van der Waals surface area (Å²) in [4.78, 5) is 27.7. The highest BCUT2D eigenvalue weighted by molar-refractivity contribution is 5.80. The van der Waals surface area contributed by atoms with Crippen LogP contribution in [0.25, 0.3) is 0 Å². The van der Waals surface area contributed by atoms with Gasteiger partial charge in [0.15, 0.2) is 0 Å². The molecule has 1 atom stereocenters. The molecule has 1 aliphatic heterocycles. The number of nitrogens with zero attached hydrogens (tertiary/aromatic N) is 2. The van der Waals surface area contributed by atoms with Crippen LogP contribution in [0.4, 0.5) is 0 Å². The molecular weight excluding hydrogens is 246 g/mol. The average Bonchev–Trinajstić information content (AvgIpc) is 2.92. The minimum absolute atomic E-state index is 0.0566. The summed E-state index contributed by atoms with van der Waals surface area (Å²) in [7, 11) is 0. The zero-order chi connectivity index (χ0) is 13.8. The number of aryl methyl sites for hydroxylation is 1. The quantitative estimate of drug-likeness (QED) is 0.841. The summed E-state index contributed by atoms with van der Waals surface area (Å²) < 4.78 is 6.80. The zero-order valence-corrected chi connectivity index (χ0v) is 11.3. The highest BCUT2D eigenvalue weighted by Crippen LogP contribution is 2.11. The van der Waals surface area contributed by atoms with Gasteiger partial charge in [-0.05, 0) is 26.7 Å². The third-order valence-electron chi connectivity index (χ3n) is 3.39. The lowest BCUT2D eigenvalue weighted by molar-refractivity contribution is -0.130. The molecule has 0 radical (unpaired) electrons. The van der Waals surface area contributed by atoms with Crippen molar-refractivity contribution in [2.45, 2.75) is 39.3 Å². The average molecular weight is 265 g/mol. The number of amides is 1. The van der Waals surface area contributed by atoms with Gasteiger partial charge in [0, 0.05) is 31.0 Å². The lowest BCUT2D eigenvalue weighted by Crippen LogP contribution is -2.37. The zero-order valence-electron chi connectivity index (χ0n) is 11.3. The third kappa shape index (κ3) is 3.20. The number of ether oxygens (including phenoxy) is 1. The van der Waals surface area contributed by atoms with Crippen molar-refractivity contribution in [3.63, 3.8) is 0 Å². The molecule has 1 saturated heterocycles. The molecule has 19 heavy (non-hydrogen) atoms. The number of hydrogen-bond donors (Lipinski definition) is 1. The van der Waals surface area contributed by atoms with Crippen LogP contribution in [0.2, 0.25) is 0 Å². The molecule has 1 unspecified atom stereocenters. The first-order valence-electron chi connectivity index (χ1n) is 6.51. The van der Waals surface area contributed by atoms with E-state index >= 15 is 0 Å². The second-order valence-corrected chi connectivity index (χ2v) is 4.75. The lowest BCUT2D eigenvalue weighted by atomic mass is 10.2. The summed E-state index contributed by atoms with van der Waals surface area (Å²) in [6.07, 6.45) is 2.90. The fourth-order valence-electron chi connectivity index (χ4n) is 2.03. The minimum atomic E-state index is -0.324. The van der Waals surface area contributed by atoms with E-state index < -0.39 is 0 Å². The number of carbonyl (C=O) groups is 1. The molecular formula is C13H19N3O3. The molecule has 1 aliphatic rings. The van der Waals surface area contributed by atoms with Crippen LogP contribution >= 0.6 is 0 Å². The van der Waals surface area contributed by atoms with Crippen molar-refractivity contribution in [1.82, 2.24) is 14.9 Å². The van der Waals surface area contributed by atoms with E-state index in [0.29, 0.717) is 25.3 Å². The van der Waals surface area contributed by atoms with E-state index in [2.05, 4.69) is 10.3 Å². The number of hydrogen-bond acceptors (Lipinski definition) is 4. The first-order chi connectivity index (χ1) is 9.09. The maximum absolute atomic E-state index is 11.9. The highest BCUT2D eigenvalue weighted by atomic mass is 16.5. The van der Waals surface area contributed by atoms with Gasteiger partial charge in [-0.2, -0.15) is 0 Å². The molecule has 1 aromatic rings. The van der Waals surface area contributed by atoms with Gasteiger partial charge >= 0.3 is 0 Å². The van der Waals surface area contributed by atoms with Crippen LogP contribution in [0.3, 0.4) is 0 Å². The Labute approximate surface area is 111 Å². The molecule has 0 spiro atoms. The van der Waals surface area contributed by atoms with E-state index in [4.69, 9.17) is 4.74 Å². The molecule has 1 aromatic heterocycles. The summed E-state index contributed by atoms with van der Waals surface area (Å²) in [6, 6.07) is 0. The molecule has 0 saturated carbocycles. The molecule has 1 amide bonds. The predicted molar refractivity (Wildman–Crippen MR) is 70.0 cm³/mol. The molecule has 6 nitrogen and oxygen atoms in total. The van der Waals surface area contributed by atoms with E-state index in [9.17, 15) is 9.59 Å². The molecule has 1 N–H and O–H groups in total. The topological polar surface area (TPSA) is 73.2 Å². The highest BCUT2D eigenvalue weighted by Gasteiger charge is 2.22. The molecule has 1 fully saturated rings. The van der Waals surface area contributed by atoms with E-state index in [1.165, 1.54) is 10.9 Å². The van der Waals surface area contributed by atoms with Crippen molar-refractivity contribution >= 4 is 5.91 Å². The van der Waals surface area contributed by atoms with Crippen LogP contribution in [0.1, 0.15) is 24.1 Å². The lowest BCUT2D eigenvalue weighted by Gasteiger charge is -2.11. The summed E-state index contributed by atoms with van der Waals surface area (Å²) in [5.41, 5.74) is 1.33. The Kier molecular flexibility index (Phi) is 4.31. The Balaban J connectivity index is 1.87.